The summed E-state index contributed by atoms with van der Waals surface area (Å²) in [5, 5.41) is 143. The van der Waals surface area contributed by atoms with Gasteiger partial charge in [-0.2, -0.15) is 0 Å². The van der Waals surface area contributed by atoms with Gasteiger partial charge >= 0.3 is 52.4 Å². The molecule has 8 N–H and O–H groups in total. The van der Waals surface area contributed by atoms with Gasteiger partial charge in [0, 0.05) is 0 Å². The summed E-state index contributed by atoms with van der Waals surface area (Å²) >= 11 is 0. The van der Waals surface area contributed by atoms with Crippen molar-refractivity contribution in [2.75, 3.05) is 0 Å². The Kier molecular flexibility index (Phi) is 32.0. The smallest absolute Gasteiger partial charge is 0.547 e. The average molecular weight is 775 g/mol. The van der Waals surface area contributed by atoms with Crippen molar-refractivity contribution < 1.29 is 172 Å². The van der Waals surface area contributed by atoms with E-state index < -0.39 is 96.6 Å². The Hall–Kier alpha value is -2.79. The Morgan fingerprint density at radius 3 is 0.333 bits per heavy atom. The van der Waals surface area contributed by atoms with Crippen molar-refractivity contribution in [1.82, 2.24) is 0 Å². The standard InChI is InChI=1S/4C4H6O6.2Zr/c4*5-1(3(7)8)2(6)4(9)10;;/h4*1-2,5-6H,(H,7,8)(H,9,10);;/q;;;;2*+4/p-8. The minimum absolute atomic E-state index is 0. The van der Waals surface area contributed by atoms with Gasteiger partial charge in [-0.15, -0.1) is 0 Å². The number of hydrogen-bond acceptors (Lipinski definition) is 24. The Bertz CT molecular complexity index is 691. The molecule has 0 heterocycles. The molecule has 0 bridgehead atoms. The number of carboxylic acid groups (broad SMARTS) is 8. The van der Waals surface area contributed by atoms with E-state index in [2.05, 4.69) is 0 Å². The molecule has 0 spiro atoms. The van der Waals surface area contributed by atoms with Crippen LogP contribution in [0, 0.1) is 0 Å². The van der Waals surface area contributed by atoms with Crippen LogP contribution in [0.25, 0.3) is 0 Å². The summed E-state index contributed by atoms with van der Waals surface area (Å²) < 4.78 is 0. The van der Waals surface area contributed by atoms with Crippen molar-refractivity contribution in [3.63, 3.8) is 0 Å². The minimum Gasteiger partial charge on any atom is -0.547 e. The average Bonchev–Trinajstić information content (AvgIpc) is 2.85. The molecule has 24 nitrogen and oxygen atoms in total. The topological polar surface area (TPSA) is 483 Å². The van der Waals surface area contributed by atoms with Gasteiger partial charge in [0.1, 0.15) is 48.8 Å². The molecule has 232 valence electrons. The van der Waals surface area contributed by atoms with Gasteiger partial charge in [0.25, 0.3) is 0 Å². The SMILES string of the molecule is O=C([O-])C(O)C(O)C(=O)[O-].O=C([O-])C(O)C(O)C(=O)[O-].O=C([O-])C(O)C(O)C(=O)[O-].O=C([O-])C(O)C(O)C(=O)[O-].[Zr+4].[Zr+4]. The minimum atomic E-state index is -2.44. The third-order valence-corrected chi connectivity index (χ3v) is 3.13. The first-order valence-electron chi connectivity index (χ1n) is 8.97. The van der Waals surface area contributed by atoms with Gasteiger partial charge in [0.05, 0.1) is 47.8 Å². The number of aliphatic hydroxyl groups is 8. The van der Waals surface area contributed by atoms with Gasteiger partial charge in [-0.1, -0.05) is 0 Å². The van der Waals surface area contributed by atoms with Crippen molar-refractivity contribution in [2.45, 2.75) is 48.8 Å². The molecule has 8 unspecified atom stereocenters. The summed E-state index contributed by atoms with van der Waals surface area (Å²) in [6, 6.07) is 0. The van der Waals surface area contributed by atoms with Crippen LogP contribution in [0.5, 0.6) is 0 Å². The summed E-state index contributed by atoms with van der Waals surface area (Å²) in [7, 11) is 0. The van der Waals surface area contributed by atoms with Crippen LogP contribution in [0.3, 0.4) is 0 Å². The van der Waals surface area contributed by atoms with E-state index in [4.69, 9.17) is 40.9 Å². The number of carboxylic acids is 8. The van der Waals surface area contributed by atoms with Crippen LogP contribution in [0.15, 0.2) is 0 Å². The van der Waals surface area contributed by atoms with E-state index >= 15 is 0 Å². The normalized spacial score (nSPS) is 15.0. The van der Waals surface area contributed by atoms with Gasteiger partial charge in [0.2, 0.25) is 0 Å². The van der Waals surface area contributed by atoms with E-state index in [1.807, 2.05) is 0 Å². The second-order valence-electron chi connectivity index (χ2n) is 6.11. The molecule has 0 aromatic carbocycles. The number of carbonyl (C=O) groups excluding carboxylic acids is 8. The van der Waals surface area contributed by atoms with Crippen molar-refractivity contribution >= 4 is 47.8 Å². The van der Waals surface area contributed by atoms with Crippen LogP contribution < -0.4 is 40.9 Å². The molecular formula is C16H16O24Zr2. The number of aliphatic hydroxyl groups excluding tert-OH is 8. The quantitative estimate of drug-likeness (QED) is 0.0912. The fraction of sp³-hybridized carbons (Fsp3) is 0.500. The van der Waals surface area contributed by atoms with Crippen molar-refractivity contribution in [1.29, 1.82) is 0 Å². The third-order valence-electron chi connectivity index (χ3n) is 3.13. The van der Waals surface area contributed by atoms with Gasteiger partial charge < -0.3 is 120 Å². The summed E-state index contributed by atoms with van der Waals surface area (Å²) in [6.07, 6.45) is -19.5. The molecule has 0 saturated heterocycles. The molecule has 0 fully saturated rings. The first-order valence-corrected chi connectivity index (χ1v) is 8.97. The van der Waals surface area contributed by atoms with Crippen LogP contribution in [0.2, 0.25) is 0 Å². The molecule has 8 atom stereocenters. The maximum absolute atomic E-state index is 9.63. The van der Waals surface area contributed by atoms with Gasteiger partial charge in [-0.25, -0.2) is 0 Å². The maximum atomic E-state index is 9.63. The molecule has 0 amide bonds. The zero-order valence-electron chi connectivity index (χ0n) is 19.7. The van der Waals surface area contributed by atoms with Crippen molar-refractivity contribution in [3.05, 3.63) is 0 Å². The van der Waals surface area contributed by atoms with Crippen LogP contribution in [0.4, 0.5) is 0 Å². The number of hydrogen-bond donors (Lipinski definition) is 8. The van der Waals surface area contributed by atoms with E-state index in [-0.39, 0.29) is 52.4 Å². The summed E-state index contributed by atoms with van der Waals surface area (Å²) in [5.74, 6) is -16.5. The number of carbonyl (C=O) groups is 8. The van der Waals surface area contributed by atoms with Crippen LogP contribution in [-0.2, 0) is 90.8 Å². The molecule has 0 aromatic heterocycles. The van der Waals surface area contributed by atoms with E-state index in [0.717, 1.165) is 0 Å². The van der Waals surface area contributed by atoms with Crippen LogP contribution in [0.1, 0.15) is 0 Å². The molecule has 0 saturated carbocycles. The predicted molar refractivity (Wildman–Crippen MR) is 88.1 cm³/mol. The summed E-state index contributed by atoms with van der Waals surface area (Å²) in [4.78, 5) is 77.1. The van der Waals surface area contributed by atoms with Crippen molar-refractivity contribution in [2.24, 2.45) is 0 Å². The second kappa shape index (κ2) is 25.9. The Balaban J connectivity index is -0.000000101. The zero-order chi connectivity index (χ0) is 33.2. The van der Waals surface area contributed by atoms with Crippen LogP contribution >= 0.6 is 0 Å². The fourth-order valence-corrected chi connectivity index (χ4v) is 1.03. The molecular weight excluding hydrogens is 759 g/mol. The largest absolute Gasteiger partial charge is 4.00 e. The fourth-order valence-electron chi connectivity index (χ4n) is 1.03. The van der Waals surface area contributed by atoms with Crippen LogP contribution in [-0.4, -0.2) is 137 Å². The summed E-state index contributed by atoms with van der Waals surface area (Å²) in [5.41, 5.74) is 0. The zero-order valence-corrected chi connectivity index (χ0v) is 24.6. The van der Waals surface area contributed by atoms with Gasteiger partial charge in [-0.05, 0) is 0 Å². The monoisotopic (exact) mass is 772 g/mol. The molecule has 0 aliphatic rings. The molecule has 0 radical (unpaired) electrons. The Labute approximate surface area is 268 Å². The molecule has 26 heteroatoms. The predicted octanol–water partition coefficient (Wildman–Crippen LogP) is -19.2. The van der Waals surface area contributed by atoms with E-state index in [1.165, 1.54) is 0 Å². The first-order chi connectivity index (χ1) is 17.9. The number of rotatable bonds is 12. The number of aliphatic carboxylic acids is 8. The maximum Gasteiger partial charge on any atom is 4.00 e. The van der Waals surface area contributed by atoms with E-state index in [9.17, 15) is 79.2 Å². The molecule has 0 aliphatic heterocycles. The molecule has 0 aromatic rings. The molecule has 0 rings (SSSR count). The van der Waals surface area contributed by atoms with E-state index in [1.54, 1.807) is 0 Å². The Morgan fingerprint density at radius 2 is 0.310 bits per heavy atom. The van der Waals surface area contributed by atoms with Gasteiger partial charge in [-0.3, -0.25) is 0 Å². The first kappa shape index (κ1) is 51.9. The summed E-state index contributed by atoms with van der Waals surface area (Å²) in [6.45, 7) is 0. The third kappa shape index (κ3) is 23.9. The van der Waals surface area contributed by atoms with Gasteiger partial charge in [0.15, 0.2) is 0 Å². The van der Waals surface area contributed by atoms with E-state index in [0.29, 0.717) is 0 Å². The molecule has 0 aliphatic carbocycles. The molecule has 42 heavy (non-hydrogen) atoms. The second-order valence-corrected chi connectivity index (χ2v) is 6.11. The van der Waals surface area contributed by atoms with Crippen molar-refractivity contribution in [3.8, 4) is 0 Å². The Morgan fingerprint density at radius 1 is 0.262 bits per heavy atom.